The van der Waals surface area contributed by atoms with Gasteiger partial charge in [-0.1, -0.05) is 37.3 Å². The first-order valence-corrected chi connectivity index (χ1v) is 4.85. The van der Waals surface area contributed by atoms with Crippen molar-refractivity contribution in [3.05, 3.63) is 35.9 Å². The van der Waals surface area contributed by atoms with E-state index < -0.39 is 0 Å². The summed E-state index contributed by atoms with van der Waals surface area (Å²) in [5.41, 5.74) is 1.14. The van der Waals surface area contributed by atoms with Crippen LogP contribution >= 0.6 is 0 Å². The second-order valence-corrected chi connectivity index (χ2v) is 3.50. The van der Waals surface area contributed by atoms with Crippen LogP contribution in [0.5, 0.6) is 0 Å². The van der Waals surface area contributed by atoms with Crippen molar-refractivity contribution >= 4 is 6.29 Å². The molecule has 0 aromatic heterocycles. The number of rotatable bonds is 5. The van der Waals surface area contributed by atoms with Crippen molar-refractivity contribution in [1.82, 2.24) is 0 Å². The van der Waals surface area contributed by atoms with Gasteiger partial charge in [0.1, 0.15) is 6.29 Å². The van der Waals surface area contributed by atoms with E-state index in [1.165, 1.54) is 0 Å². The van der Waals surface area contributed by atoms with E-state index in [0.29, 0.717) is 6.61 Å². The average molecular weight is 192 g/mol. The van der Waals surface area contributed by atoms with Gasteiger partial charge in [0.15, 0.2) is 0 Å². The van der Waals surface area contributed by atoms with E-state index in [0.717, 1.165) is 11.8 Å². The Morgan fingerprint density at radius 2 is 1.93 bits per heavy atom. The van der Waals surface area contributed by atoms with E-state index in [-0.39, 0.29) is 12.0 Å². The molecule has 0 aliphatic heterocycles. The predicted molar refractivity (Wildman–Crippen MR) is 55.9 cm³/mol. The molecule has 2 heteroatoms. The Labute approximate surface area is 84.9 Å². The number of ether oxygens (including phenoxy) is 1. The van der Waals surface area contributed by atoms with Gasteiger partial charge >= 0.3 is 0 Å². The molecular formula is C12H16O2. The summed E-state index contributed by atoms with van der Waals surface area (Å²) in [7, 11) is 0. The highest BCUT2D eigenvalue weighted by molar-refractivity contribution is 5.53. The van der Waals surface area contributed by atoms with Crippen LogP contribution in [0.15, 0.2) is 30.3 Å². The van der Waals surface area contributed by atoms with Crippen molar-refractivity contribution in [3.8, 4) is 0 Å². The fourth-order valence-corrected chi connectivity index (χ4v) is 1.06. The Kier molecular flexibility index (Phi) is 4.33. The lowest BCUT2D eigenvalue weighted by Gasteiger charge is -2.15. The Morgan fingerprint density at radius 1 is 1.29 bits per heavy atom. The molecule has 1 aromatic rings. The van der Waals surface area contributed by atoms with Gasteiger partial charge in [-0.2, -0.15) is 0 Å². The van der Waals surface area contributed by atoms with Crippen LogP contribution in [-0.4, -0.2) is 12.4 Å². The van der Waals surface area contributed by atoms with Crippen molar-refractivity contribution in [3.63, 3.8) is 0 Å². The summed E-state index contributed by atoms with van der Waals surface area (Å²) in [5, 5.41) is 0. The molecule has 1 rings (SSSR count). The molecule has 2 nitrogen and oxygen atoms in total. The number of aldehydes is 1. The first kappa shape index (κ1) is 10.9. The molecule has 0 unspecified atom stereocenters. The summed E-state index contributed by atoms with van der Waals surface area (Å²) in [6, 6.07) is 9.95. The molecule has 0 fully saturated rings. The third-order valence-electron chi connectivity index (χ3n) is 2.31. The normalized spacial score (nSPS) is 14.7. The number of carbonyl (C=O) groups is 1. The third kappa shape index (κ3) is 3.30. The Hall–Kier alpha value is -1.15. The lowest BCUT2D eigenvalue weighted by Crippen LogP contribution is -2.18. The van der Waals surface area contributed by atoms with Crippen molar-refractivity contribution in [2.45, 2.75) is 26.6 Å². The second-order valence-electron chi connectivity index (χ2n) is 3.50. The zero-order valence-corrected chi connectivity index (χ0v) is 8.64. The van der Waals surface area contributed by atoms with Gasteiger partial charge in [-0.05, 0) is 12.5 Å². The van der Waals surface area contributed by atoms with Crippen molar-refractivity contribution in [2.75, 3.05) is 0 Å². The summed E-state index contributed by atoms with van der Waals surface area (Å²) in [5.74, 6) is -0.0429. The van der Waals surface area contributed by atoms with Gasteiger partial charge in [-0.15, -0.1) is 0 Å². The first-order valence-electron chi connectivity index (χ1n) is 4.85. The van der Waals surface area contributed by atoms with Crippen molar-refractivity contribution in [2.24, 2.45) is 5.92 Å². The highest BCUT2D eigenvalue weighted by Gasteiger charge is 2.10. The van der Waals surface area contributed by atoms with E-state index in [1.54, 1.807) is 0 Å². The van der Waals surface area contributed by atoms with Crippen molar-refractivity contribution < 1.29 is 9.53 Å². The van der Waals surface area contributed by atoms with Gasteiger partial charge in [-0.25, -0.2) is 0 Å². The van der Waals surface area contributed by atoms with Crippen LogP contribution in [0.1, 0.15) is 19.4 Å². The van der Waals surface area contributed by atoms with Gasteiger partial charge in [0.25, 0.3) is 0 Å². The highest BCUT2D eigenvalue weighted by Crippen LogP contribution is 2.08. The molecule has 0 spiro atoms. The van der Waals surface area contributed by atoms with E-state index in [9.17, 15) is 4.79 Å². The molecule has 76 valence electrons. The fraction of sp³-hybridized carbons (Fsp3) is 0.417. The predicted octanol–water partition coefficient (Wildman–Crippen LogP) is 2.43. The molecule has 0 radical (unpaired) electrons. The molecule has 0 amide bonds. The summed E-state index contributed by atoms with van der Waals surface area (Å²) in [4.78, 5) is 10.5. The Balaban J connectivity index is 2.37. The highest BCUT2D eigenvalue weighted by atomic mass is 16.5. The van der Waals surface area contributed by atoms with Gasteiger partial charge < -0.3 is 9.53 Å². The zero-order valence-electron chi connectivity index (χ0n) is 8.64. The van der Waals surface area contributed by atoms with Gasteiger partial charge in [0.2, 0.25) is 0 Å². The molecule has 0 bridgehead atoms. The maximum Gasteiger partial charge on any atom is 0.125 e. The van der Waals surface area contributed by atoms with Crippen LogP contribution in [-0.2, 0) is 16.1 Å². The molecule has 0 aliphatic carbocycles. The maximum absolute atomic E-state index is 10.5. The van der Waals surface area contributed by atoms with Crippen LogP contribution in [0.25, 0.3) is 0 Å². The lowest BCUT2D eigenvalue weighted by atomic mass is 10.1. The van der Waals surface area contributed by atoms with E-state index >= 15 is 0 Å². The smallest absolute Gasteiger partial charge is 0.125 e. The van der Waals surface area contributed by atoms with E-state index in [2.05, 4.69) is 0 Å². The SMILES string of the molecule is C[C@H](C=O)[C@@H](C)OCc1ccccc1. The molecule has 0 aliphatic rings. The molecule has 14 heavy (non-hydrogen) atoms. The molecule has 0 saturated carbocycles. The molecule has 1 aromatic carbocycles. The molecule has 0 saturated heterocycles. The van der Waals surface area contributed by atoms with Gasteiger partial charge in [0.05, 0.1) is 12.7 Å². The van der Waals surface area contributed by atoms with Crippen LogP contribution in [0.2, 0.25) is 0 Å². The van der Waals surface area contributed by atoms with E-state index in [1.807, 2.05) is 44.2 Å². The Bertz CT molecular complexity index is 269. The maximum atomic E-state index is 10.5. The standard InChI is InChI=1S/C12H16O2/c1-10(8-13)11(2)14-9-12-6-4-3-5-7-12/h3-8,10-11H,9H2,1-2H3/t10-,11-/m1/s1. The van der Waals surface area contributed by atoms with Gasteiger partial charge in [0, 0.05) is 5.92 Å². The minimum Gasteiger partial charge on any atom is -0.373 e. The minimum atomic E-state index is -0.0429. The second kappa shape index (κ2) is 5.55. The number of hydrogen-bond acceptors (Lipinski definition) is 2. The average Bonchev–Trinajstić information content (AvgIpc) is 2.26. The largest absolute Gasteiger partial charge is 0.373 e. The van der Waals surface area contributed by atoms with Crippen LogP contribution in [0.4, 0.5) is 0 Å². The Morgan fingerprint density at radius 3 is 2.50 bits per heavy atom. The summed E-state index contributed by atoms with van der Waals surface area (Å²) in [6.45, 7) is 4.35. The monoisotopic (exact) mass is 192 g/mol. The molecule has 0 N–H and O–H groups in total. The quantitative estimate of drug-likeness (QED) is 0.670. The summed E-state index contributed by atoms with van der Waals surface area (Å²) >= 11 is 0. The van der Waals surface area contributed by atoms with Crippen LogP contribution in [0.3, 0.4) is 0 Å². The molecule has 2 atom stereocenters. The first-order chi connectivity index (χ1) is 6.74. The minimum absolute atomic E-state index is 0.0206. The molecule has 0 heterocycles. The number of hydrogen-bond donors (Lipinski definition) is 0. The third-order valence-corrected chi connectivity index (χ3v) is 2.31. The van der Waals surface area contributed by atoms with Crippen LogP contribution < -0.4 is 0 Å². The fourth-order valence-electron chi connectivity index (χ4n) is 1.06. The van der Waals surface area contributed by atoms with E-state index in [4.69, 9.17) is 4.74 Å². The van der Waals surface area contributed by atoms with Crippen LogP contribution in [0, 0.1) is 5.92 Å². The summed E-state index contributed by atoms with van der Waals surface area (Å²) < 4.78 is 5.55. The van der Waals surface area contributed by atoms with Crippen molar-refractivity contribution in [1.29, 1.82) is 0 Å². The lowest BCUT2D eigenvalue weighted by molar-refractivity contribution is -0.115. The summed E-state index contributed by atoms with van der Waals surface area (Å²) in [6.07, 6.45) is 0.906. The number of carbonyl (C=O) groups excluding carboxylic acids is 1. The zero-order chi connectivity index (χ0) is 10.4. The molecular weight excluding hydrogens is 176 g/mol. The number of benzene rings is 1. The van der Waals surface area contributed by atoms with Gasteiger partial charge in [-0.3, -0.25) is 0 Å². The topological polar surface area (TPSA) is 26.3 Å².